The highest BCUT2D eigenvalue weighted by molar-refractivity contribution is 14.1. The Hall–Kier alpha value is -1.38. The fraction of sp³-hybridized carbons (Fsp3) is 0.429. The summed E-state index contributed by atoms with van der Waals surface area (Å²) in [6.07, 6.45) is -2.31. The van der Waals surface area contributed by atoms with Gasteiger partial charge in [0.25, 0.3) is 0 Å². The predicted molar refractivity (Wildman–Crippen MR) is 81.9 cm³/mol. The van der Waals surface area contributed by atoms with E-state index in [4.69, 9.17) is 9.84 Å². The molecule has 1 saturated heterocycles. The summed E-state index contributed by atoms with van der Waals surface area (Å²) in [5, 5.41) is 9.08. The van der Waals surface area contributed by atoms with Gasteiger partial charge in [0.1, 0.15) is 11.6 Å². The van der Waals surface area contributed by atoms with Gasteiger partial charge < -0.3 is 14.7 Å². The normalized spacial score (nSPS) is 26.4. The summed E-state index contributed by atoms with van der Waals surface area (Å²) < 4.78 is 18.6. The van der Waals surface area contributed by atoms with E-state index in [-0.39, 0.29) is 13.1 Å². The first kappa shape index (κ1) is 16.0. The third-order valence-electron chi connectivity index (χ3n) is 3.60. The number of carbonyl (C=O) groups is 2. The lowest BCUT2D eigenvalue weighted by Crippen LogP contribution is -2.37. The number of hydrogen-bond donors (Lipinski definition) is 1. The van der Waals surface area contributed by atoms with Crippen molar-refractivity contribution in [2.24, 2.45) is 5.41 Å². The maximum absolute atomic E-state index is 13.9. The van der Waals surface area contributed by atoms with Gasteiger partial charge in [-0.25, -0.2) is 9.18 Å². The molecule has 0 aliphatic carbocycles. The van der Waals surface area contributed by atoms with Gasteiger partial charge in [0.05, 0.1) is 6.54 Å². The Kier molecular flexibility index (Phi) is 4.70. The predicted octanol–water partition coefficient (Wildman–Crippen LogP) is 3.00. The Balaban J connectivity index is 2.01. The molecule has 0 radical (unpaired) electrons. The lowest BCUT2D eigenvalue weighted by atomic mass is 9.88. The van der Waals surface area contributed by atoms with E-state index in [1.54, 1.807) is 0 Å². The monoisotopic (exact) mass is 407 g/mol. The lowest BCUT2D eigenvalue weighted by molar-refractivity contribution is -0.149. The molecule has 5 nitrogen and oxygen atoms in total. The Morgan fingerprint density at radius 2 is 2.10 bits per heavy atom. The smallest absolute Gasteiger partial charge is 0.411 e. The van der Waals surface area contributed by atoms with E-state index in [0.29, 0.717) is 0 Å². The molecule has 1 N–H and O–H groups in total. The van der Waals surface area contributed by atoms with Gasteiger partial charge in [-0.3, -0.25) is 4.79 Å². The number of rotatable bonds is 3. The van der Waals surface area contributed by atoms with E-state index in [1.807, 2.05) is 52.9 Å². The van der Waals surface area contributed by atoms with Gasteiger partial charge in [-0.2, -0.15) is 0 Å². The van der Waals surface area contributed by atoms with Crippen molar-refractivity contribution in [1.82, 2.24) is 4.90 Å². The average Bonchev–Trinajstić information content (AvgIpc) is 2.77. The van der Waals surface area contributed by atoms with E-state index in [9.17, 15) is 14.0 Å². The number of benzene rings is 1. The quantitative estimate of drug-likeness (QED) is 0.618. The highest BCUT2D eigenvalue weighted by Crippen LogP contribution is 2.34. The molecule has 1 aromatic rings. The van der Waals surface area contributed by atoms with Crippen LogP contribution in [0.3, 0.4) is 0 Å². The molecule has 3 atom stereocenters. The lowest BCUT2D eigenvalue weighted by Gasteiger charge is -2.21. The maximum Gasteiger partial charge on any atom is 0.411 e. The summed E-state index contributed by atoms with van der Waals surface area (Å²) in [6.45, 7) is 0.840. The van der Waals surface area contributed by atoms with Crippen molar-refractivity contribution >= 4 is 34.7 Å². The summed E-state index contributed by atoms with van der Waals surface area (Å²) in [5.41, 5.74) is -0.768. The zero-order valence-corrected chi connectivity index (χ0v) is 13.5. The number of hydrogen-bond acceptors (Lipinski definition) is 3. The highest BCUT2D eigenvalue weighted by atomic mass is 127. The first-order valence-electron chi connectivity index (χ1n) is 6.36. The Labute approximate surface area is 135 Å². The molecule has 2 unspecified atom stereocenters. The third kappa shape index (κ3) is 3.28. The molecule has 21 heavy (non-hydrogen) atoms. The minimum atomic E-state index is -1.60. The van der Waals surface area contributed by atoms with Crippen LogP contribution in [0.4, 0.5) is 9.18 Å². The second-order valence-electron chi connectivity index (χ2n) is 5.18. The fourth-order valence-corrected chi connectivity index (χ4v) is 2.76. The average molecular weight is 407 g/mol. The number of amides is 1. The van der Waals surface area contributed by atoms with Crippen molar-refractivity contribution in [3.05, 3.63) is 35.9 Å². The molecule has 7 heteroatoms. The number of carboxylic acid groups (broad SMARTS) is 1. The minimum absolute atomic E-state index is 0.194. The van der Waals surface area contributed by atoms with Gasteiger partial charge in [0.15, 0.2) is 4.11 Å². The standard InChI is InChI=1S/C14H15FINO4/c1-14(12(18)19)8-17(7-10(14)15)13(20)21-11(16)9-5-3-2-4-6-9/h2-6,10-11H,7-8H2,1H3,(H,18,19)/t10?,11?,14-/m1/s1. The van der Waals surface area contributed by atoms with Crippen molar-refractivity contribution in [3.8, 4) is 0 Å². The summed E-state index contributed by atoms with van der Waals surface area (Å²) in [7, 11) is 0. The zero-order valence-electron chi connectivity index (χ0n) is 11.3. The van der Waals surface area contributed by atoms with Crippen LogP contribution in [0.25, 0.3) is 0 Å². The molecule has 114 valence electrons. The van der Waals surface area contributed by atoms with Crippen molar-refractivity contribution in [1.29, 1.82) is 0 Å². The van der Waals surface area contributed by atoms with Crippen LogP contribution in [0.2, 0.25) is 0 Å². The van der Waals surface area contributed by atoms with E-state index >= 15 is 0 Å². The molecule has 0 bridgehead atoms. The Morgan fingerprint density at radius 3 is 2.62 bits per heavy atom. The van der Waals surface area contributed by atoms with Crippen LogP contribution in [0, 0.1) is 5.41 Å². The van der Waals surface area contributed by atoms with Gasteiger partial charge in [-0.05, 0) is 29.5 Å². The van der Waals surface area contributed by atoms with Gasteiger partial charge in [-0.15, -0.1) is 0 Å². The van der Waals surface area contributed by atoms with E-state index in [2.05, 4.69) is 0 Å². The van der Waals surface area contributed by atoms with Crippen LogP contribution >= 0.6 is 22.6 Å². The summed E-state index contributed by atoms with van der Waals surface area (Å²) in [4.78, 5) is 24.3. The van der Waals surface area contributed by atoms with Crippen LogP contribution in [0.5, 0.6) is 0 Å². The molecule has 1 heterocycles. The number of carboxylic acids is 1. The Bertz CT molecular complexity index is 541. The molecule has 1 aliphatic heterocycles. The largest absolute Gasteiger partial charge is 0.481 e. The van der Waals surface area contributed by atoms with E-state index in [0.717, 1.165) is 10.5 Å². The SMILES string of the molecule is C[C@@]1(C(=O)O)CN(C(=O)OC(I)c2ccccc2)CC1F. The number of aliphatic carboxylic acids is 1. The van der Waals surface area contributed by atoms with Gasteiger partial charge in [0.2, 0.25) is 0 Å². The Morgan fingerprint density at radius 1 is 1.48 bits per heavy atom. The van der Waals surface area contributed by atoms with E-state index in [1.165, 1.54) is 6.92 Å². The number of ether oxygens (including phenoxy) is 1. The van der Waals surface area contributed by atoms with Crippen molar-refractivity contribution in [3.63, 3.8) is 0 Å². The molecule has 1 aliphatic rings. The molecule has 1 amide bonds. The summed E-state index contributed by atoms with van der Waals surface area (Å²) in [6, 6.07) is 9.12. The molecular formula is C14H15FINO4. The number of halogens is 2. The van der Waals surface area contributed by atoms with Crippen molar-refractivity contribution < 1.29 is 23.8 Å². The number of likely N-dealkylation sites (tertiary alicyclic amines) is 1. The molecule has 1 fully saturated rings. The first-order chi connectivity index (χ1) is 9.84. The van der Waals surface area contributed by atoms with Crippen LogP contribution < -0.4 is 0 Å². The number of carbonyl (C=O) groups excluding carboxylic acids is 1. The van der Waals surface area contributed by atoms with Gasteiger partial charge >= 0.3 is 12.1 Å². The van der Waals surface area contributed by atoms with Gasteiger partial charge in [0, 0.05) is 12.1 Å². The second-order valence-corrected chi connectivity index (χ2v) is 6.31. The minimum Gasteiger partial charge on any atom is -0.481 e. The zero-order chi connectivity index (χ0) is 15.6. The molecular weight excluding hydrogens is 392 g/mol. The van der Waals surface area contributed by atoms with Crippen LogP contribution in [-0.2, 0) is 9.53 Å². The van der Waals surface area contributed by atoms with Crippen LogP contribution in [0.1, 0.15) is 16.6 Å². The molecule has 0 spiro atoms. The molecule has 1 aromatic carbocycles. The van der Waals surface area contributed by atoms with Gasteiger partial charge in [-0.1, -0.05) is 30.3 Å². The maximum atomic E-state index is 13.9. The topological polar surface area (TPSA) is 66.8 Å². The number of alkyl halides is 2. The van der Waals surface area contributed by atoms with Crippen molar-refractivity contribution in [2.75, 3.05) is 13.1 Å². The second kappa shape index (κ2) is 6.17. The van der Waals surface area contributed by atoms with Crippen LogP contribution in [-0.4, -0.2) is 41.3 Å². The van der Waals surface area contributed by atoms with E-state index < -0.39 is 27.8 Å². The van der Waals surface area contributed by atoms with Crippen molar-refractivity contribution in [2.45, 2.75) is 17.2 Å². The molecule has 0 aromatic heterocycles. The number of nitrogens with zero attached hydrogens (tertiary/aromatic N) is 1. The highest BCUT2D eigenvalue weighted by Gasteiger charge is 2.51. The summed E-state index contributed by atoms with van der Waals surface area (Å²) in [5.74, 6) is -1.25. The molecule has 0 saturated carbocycles. The molecule has 2 rings (SSSR count). The van der Waals surface area contributed by atoms with Crippen LogP contribution in [0.15, 0.2) is 30.3 Å². The fourth-order valence-electron chi connectivity index (χ4n) is 2.13. The third-order valence-corrected chi connectivity index (χ3v) is 4.58. The first-order valence-corrected chi connectivity index (χ1v) is 7.61. The summed E-state index contributed by atoms with van der Waals surface area (Å²) >= 11 is 1.96.